The first-order valence-corrected chi connectivity index (χ1v) is 7.63. The number of nitrogens with zero attached hydrogens (tertiary/aromatic N) is 5. The summed E-state index contributed by atoms with van der Waals surface area (Å²) in [6, 6.07) is 12.8. The van der Waals surface area contributed by atoms with Crippen LogP contribution in [0.3, 0.4) is 0 Å². The summed E-state index contributed by atoms with van der Waals surface area (Å²) in [6.45, 7) is 0.342. The lowest BCUT2D eigenvalue weighted by molar-refractivity contribution is 0.306. The van der Waals surface area contributed by atoms with Crippen molar-refractivity contribution >= 4 is 35.4 Å². The Morgan fingerprint density at radius 1 is 1.17 bits per heavy atom. The molecule has 0 atom stereocenters. The summed E-state index contributed by atoms with van der Waals surface area (Å²) in [5, 5.41) is 15.7. The van der Waals surface area contributed by atoms with Gasteiger partial charge in [-0.05, 0) is 40.3 Å². The van der Waals surface area contributed by atoms with Crippen LogP contribution >= 0.6 is 23.2 Å². The van der Waals surface area contributed by atoms with Gasteiger partial charge in [0.1, 0.15) is 12.4 Å². The molecule has 0 aliphatic heterocycles. The molecule has 0 unspecified atom stereocenters. The minimum atomic E-state index is 0.0976. The van der Waals surface area contributed by atoms with Gasteiger partial charge in [-0.25, -0.2) is 0 Å². The molecule has 0 fully saturated rings. The predicted octanol–water partition coefficient (Wildman–Crippen LogP) is 3.02. The summed E-state index contributed by atoms with van der Waals surface area (Å²) in [7, 11) is 0. The number of nitrogen functional groups attached to an aromatic ring is 1. The van der Waals surface area contributed by atoms with E-state index in [0.29, 0.717) is 22.4 Å². The Labute approximate surface area is 147 Å². The number of nitrogens with two attached hydrogens (primary N) is 1. The van der Waals surface area contributed by atoms with Crippen molar-refractivity contribution in [3.05, 3.63) is 63.6 Å². The highest BCUT2D eigenvalue weighted by molar-refractivity contribution is 6.42. The van der Waals surface area contributed by atoms with Crippen LogP contribution in [0.5, 0.6) is 5.75 Å². The first-order valence-electron chi connectivity index (χ1n) is 6.87. The molecule has 3 aromatic rings. The van der Waals surface area contributed by atoms with E-state index in [9.17, 15) is 0 Å². The quantitative estimate of drug-likeness (QED) is 0.704. The third kappa shape index (κ3) is 3.81. The second-order valence-electron chi connectivity index (χ2n) is 4.75. The standard InChI is InChI=1S/C15H12Cl2N6O/c16-12-6-5-10(7-13(12)17)9-24-14-4-2-1-3-11(14)8-19-23-15(18)20-21-22-23/h1-8H,9H2,(H2,18,20,22). The molecular weight excluding hydrogens is 351 g/mol. The third-order valence-electron chi connectivity index (χ3n) is 3.08. The molecule has 24 heavy (non-hydrogen) atoms. The molecule has 0 bridgehead atoms. The molecule has 0 saturated carbocycles. The largest absolute Gasteiger partial charge is 0.488 e. The van der Waals surface area contributed by atoms with Gasteiger partial charge in [-0.3, -0.25) is 0 Å². The van der Waals surface area contributed by atoms with Crippen molar-refractivity contribution in [3.63, 3.8) is 0 Å². The van der Waals surface area contributed by atoms with E-state index in [-0.39, 0.29) is 5.95 Å². The second kappa shape index (κ2) is 7.29. The molecule has 2 aromatic carbocycles. The van der Waals surface area contributed by atoms with Gasteiger partial charge in [0.05, 0.1) is 16.3 Å². The van der Waals surface area contributed by atoms with Gasteiger partial charge in [-0.15, -0.1) is 0 Å². The first kappa shape index (κ1) is 16.2. The molecule has 1 aromatic heterocycles. The van der Waals surface area contributed by atoms with E-state index >= 15 is 0 Å². The van der Waals surface area contributed by atoms with Gasteiger partial charge in [0, 0.05) is 5.56 Å². The lowest BCUT2D eigenvalue weighted by atomic mass is 10.2. The highest BCUT2D eigenvalue weighted by Crippen LogP contribution is 2.24. The van der Waals surface area contributed by atoms with E-state index in [1.54, 1.807) is 18.3 Å². The smallest absolute Gasteiger partial charge is 0.263 e. The SMILES string of the molecule is Nc1nnnn1N=Cc1ccccc1OCc1ccc(Cl)c(Cl)c1. The van der Waals surface area contributed by atoms with Crippen molar-refractivity contribution < 1.29 is 4.74 Å². The summed E-state index contributed by atoms with van der Waals surface area (Å²) >= 11 is 11.9. The summed E-state index contributed by atoms with van der Waals surface area (Å²) in [5.74, 6) is 0.749. The lowest BCUT2D eigenvalue weighted by Crippen LogP contribution is -2.01. The van der Waals surface area contributed by atoms with Crippen LogP contribution in [-0.4, -0.2) is 26.5 Å². The molecule has 0 spiro atoms. The maximum Gasteiger partial charge on any atom is 0.263 e. The van der Waals surface area contributed by atoms with Crippen molar-refractivity contribution in [1.82, 2.24) is 20.3 Å². The normalized spacial score (nSPS) is 11.1. The lowest BCUT2D eigenvalue weighted by Gasteiger charge is -2.09. The maximum atomic E-state index is 6.01. The first-order chi connectivity index (χ1) is 11.6. The zero-order valence-corrected chi connectivity index (χ0v) is 13.8. The predicted molar refractivity (Wildman–Crippen MR) is 92.5 cm³/mol. The Bertz CT molecular complexity index is 880. The van der Waals surface area contributed by atoms with Crippen LogP contribution in [0.25, 0.3) is 0 Å². The van der Waals surface area contributed by atoms with E-state index in [1.807, 2.05) is 30.3 Å². The number of hydrogen-bond donors (Lipinski definition) is 1. The van der Waals surface area contributed by atoms with Gasteiger partial charge < -0.3 is 10.5 Å². The van der Waals surface area contributed by atoms with Crippen LogP contribution in [0.4, 0.5) is 5.95 Å². The van der Waals surface area contributed by atoms with Gasteiger partial charge in [-0.1, -0.05) is 51.3 Å². The average Bonchev–Trinajstić information content (AvgIpc) is 3.00. The van der Waals surface area contributed by atoms with Crippen molar-refractivity contribution in [1.29, 1.82) is 0 Å². The van der Waals surface area contributed by atoms with Gasteiger partial charge in [-0.2, -0.15) is 5.10 Å². The summed E-state index contributed by atoms with van der Waals surface area (Å²) < 4.78 is 5.83. The van der Waals surface area contributed by atoms with Crippen LogP contribution in [0.15, 0.2) is 47.6 Å². The fourth-order valence-electron chi connectivity index (χ4n) is 1.90. The number of ether oxygens (including phenoxy) is 1. The number of rotatable bonds is 5. The van der Waals surface area contributed by atoms with E-state index in [0.717, 1.165) is 15.9 Å². The number of benzene rings is 2. The third-order valence-corrected chi connectivity index (χ3v) is 3.82. The summed E-state index contributed by atoms with van der Waals surface area (Å²) in [5.41, 5.74) is 7.22. The zero-order valence-electron chi connectivity index (χ0n) is 12.3. The molecule has 1 heterocycles. The summed E-state index contributed by atoms with van der Waals surface area (Å²) in [4.78, 5) is 1.12. The van der Waals surface area contributed by atoms with Gasteiger partial charge in [0.2, 0.25) is 0 Å². The topological polar surface area (TPSA) is 91.2 Å². The number of aromatic nitrogens is 4. The number of para-hydroxylation sites is 1. The minimum Gasteiger partial charge on any atom is -0.488 e. The molecular formula is C15H12Cl2N6O. The Balaban J connectivity index is 1.75. The van der Waals surface area contributed by atoms with Crippen LogP contribution in [-0.2, 0) is 6.61 Å². The Hall–Kier alpha value is -2.64. The van der Waals surface area contributed by atoms with Crippen molar-refractivity contribution in [3.8, 4) is 5.75 Å². The Morgan fingerprint density at radius 2 is 2.00 bits per heavy atom. The van der Waals surface area contributed by atoms with Crippen molar-refractivity contribution in [2.45, 2.75) is 6.61 Å². The fourth-order valence-corrected chi connectivity index (χ4v) is 2.22. The number of tetrazole rings is 1. The molecule has 122 valence electrons. The molecule has 0 radical (unpaired) electrons. The monoisotopic (exact) mass is 362 g/mol. The molecule has 0 saturated heterocycles. The van der Waals surface area contributed by atoms with Crippen LogP contribution in [0, 0.1) is 0 Å². The molecule has 0 amide bonds. The Kier molecular flexibility index (Phi) is 4.93. The average molecular weight is 363 g/mol. The number of anilines is 1. The fraction of sp³-hybridized carbons (Fsp3) is 0.0667. The molecule has 0 aliphatic rings. The second-order valence-corrected chi connectivity index (χ2v) is 5.56. The molecule has 7 nitrogen and oxygen atoms in total. The van der Waals surface area contributed by atoms with E-state index < -0.39 is 0 Å². The van der Waals surface area contributed by atoms with Crippen LogP contribution in [0.1, 0.15) is 11.1 Å². The van der Waals surface area contributed by atoms with Gasteiger partial charge >= 0.3 is 0 Å². The molecule has 0 aliphatic carbocycles. The summed E-state index contributed by atoms with van der Waals surface area (Å²) in [6.07, 6.45) is 1.57. The highest BCUT2D eigenvalue weighted by atomic mass is 35.5. The van der Waals surface area contributed by atoms with Crippen molar-refractivity contribution in [2.75, 3.05) is 5.73 Å². The van der Waals surface area contributed by atoms with Gasteiger partial charge in [0.25, 0.3) is 5.95 Å². The molecule has 2 N–H and O–H groups in total. The minimum absolute atomic E-state index is 0.0976. The molecule has 3 rings (SSSR count). The zero-order chi connectivity index (χ0) is 16.9. The van der Waals surface area contributed by atoms with Gasteiger partial charge in [0.15, 0.2) is 0 Å². The van der Waals surface area contributed by atoms with Crippen LogP contribution in [0.2, 0.25) is 10.0 Å². The maximum absolute atomic E-state index is 6.01. The van der Waals surface area contributed by atoms with Crippen LogP contribution < -0.4 is 10.5 Å². The number of hydrogen-bond acceptors (Lipinski definition) is 6. The van der Waals surface area contributed by atoms with E-state index in [1.165, 1.54) is 0 Å². The Morgan fingerprint density at radius 3 is 2.75 bits per heavy atom. The van der Waals surface area contributed by atoms with E-state index in [2.05, 4.69) is 20.6 Å². The number of halogens is 2. The van der Waals surface area contributed by atoms with Crippen molar-refractivity contribution in [2.24, 2.45) is 5.10 Å². The highest BCUT2D eigenvalue weighted by Gasteiger charge is 2.04. The van der Waals surface area contributed by atoms with E-state index in [4.69, 9.17) is 33.7 Å². The molecule has 9 heteroatoms.